The molecule has 3 fully saturated rings. The van der Waals surface area contributed by atoms with Crippen LogP contribution in [0.4, 0.5) is 4.79 Å². The molecule has 0 bridgehead atoms. The second-order valence-electron chi connectivity index (χ2n) is 6.31. The number of urea groups is 1. The third kappa shape index (κ3) is 3.70. The standard InChI is InChI=1S/C15H26N4O3/c20-14(18-6-8-22-9-7-18)11-12-10-13(2-4-16-12)19-5-1-3-17-15(19)21/h12-13,16H,1-11H2,(H,17,21). The van der Waals surface area contributed by atoms with Crippen molar-refractivity contribution in [1.29, 1.82) is 0 Å². The van der Waals surface area contributed by atoms with Gasteiger partial charge in [-0.15, -0.1) is 0 Å². The fraction of sp³-hybridized carbons (Fsp3) is 0.867. The number of amides is 3. The summed E-state index contributed by atoms with van der Waals surface area (Å²) in [6.07, 6.45) is 3.36. The third-order valence-corrected chi connectivity index (χ3v) is 4.81. The van der Waals surface area contributed by atoms with E-state index in [-0.39, 0.29) is 24.0 Å². The van der Waals surface area contributed by atoms with Gasteiger partial charge in [-0.05, 0) is 25.8 Å². The fourth-order valence-electron chi connectivity index (χ4n) is 3.57. The quantitative estimate of drug-likeness (QED) is 0.755. The molecule has 3 amide bonds. The van der Waals surface area contributed by atoms with Crippen molar-refractivity contribution in [3.05, 3.63) is 0 Å². The molecule has 0 aromatic heterocycles. The van der Waals surface area contributed by atoms with E-state index in [1.165, 1.54) is 0 Å². The molecular formula is C15H26N4O3. The van der Waals surface area contributed by atoms with E-state index in [9.17, 15) is 9.59 Å². The van der Waals surface area contributed by atoms with Crippen molar-refractivity contribution in [2.45, 2.75) is 37.8 Å². The lowest BCUT2D eigenvalue weighted by atomic mass is 9.95. The molecule has 124 valence electrons. The molecule has 0 aromatic carbocycles. The van der Waals surface area contributed by atoms with Gasteiger partial charge in [0.05, 0.1) is 13.2 Å². The van der Waals surface area contributed by atoms with Gasteiger partial charge in [0, 0.05) is 44.7 Å². The lowest BCUT2D eigenvalue weighted by molar-refractivity contribution is -0.136. The minimum absolute atomic E-state index is 0.0522. The summed E-state index contributed by atoms with van der Waals surface area (Å²) in [5.41, 5.74) is 0. The van der Waals surface area contributed by atoms with Crippen LogP contribution in [0, 0.1) is 0 Å². The second-order valence-corrected chi connectivity index (χ2v) is 6.31. The zero-order valence-electron chi connectivity index (χ0n) is 13.1. The van der Waals surface area contributed by atoms with Gasteiger partial charge >= 0.3 is 6.03 Å². The topological polar surface area (TPSA) is 73.9 Å². The number of hydrogen-bond donors (Lipinski definition) is 2. The number of hydrogen-bond acceptors (Lipinski definition) is 4. The van der Waals surface area contributed by atoms with Gasteiger partial charge in [0.1, 0.15) is 0 Å². The lowest BCUT2D eigenvalue weighted by Gasteiger charge is -2.40. The minimum atomic E-state index is 0.0522. The van der Waals surface area contributed by atoms with Gasteiger partial charge in [-0.2, -0.15) is 0 Å². The van der Waals surface area contributed by atoms with Crippen LogP contribution in [0.25, 0.3) is 0 Å². The molecule has 3 aliphatic rings. The highest BCUT2D eigenvalue weighted by Crippen LogP contribution is 2.20. The van der Waals surface area contributed by atoms with Crippen LogP contribution in [0.3, 0.4) is 0 Å². The van der Waals surface area contributed by atoms with Crippen molar-refractivity contribution in [2.75, 3.05) is 45.9 Å². The van der Waals surface area contributed by atoms with E-state index < -0.39 is 0 Å². The van der Waals surface area contributed by atoms with E-state index in [0.717, 1.165) is 38.9 Å². The average Bonchev–Trinajstić information content (AvgIpc) is 2.56. The van der Waals surface area contributed by atoms with Gasteiger partial charge in [-0.25, -0.2) is 4.79 Å². The molecule has 2 atom stereocenters. The van der Waals surface area contributed by atoms with Crippen LogP contribution >= 0.6 is 0 Å². The number of piperidine rings is 1. The smallest absolute Gasteiger partial charge is 0.317 e. The van der Waals surface area contributed by atoms with E-state index in [1.807, 2.05) is 9.80 Å². The summed E-state index contributed by atoms with van der Waals surface area (Å²) >= 11 is 0. The number of nitrogens with zero attached hydrogens (tertiary/aromatic N) is 2. The van der Waals surface area contributed by atoms with E-state index in [2.05, 4.69) is 10.6 Å². The Kier molecular flexibility index (Phi) is 5.15. The number of carbonyl (C=O) groups is 2. The molecule has 2 N–H and O–H groups in total. The maximum atomic E-state index is 12.4. The molecule has 3 heterocycles. The van der Waals surface area contributed by atoms with Gasteiger partial charge in [0.2, 0.25) is 5.91 Å². The molecule has 3 saturated heterocycles. The molecule has 0 aliphatic carbocycles. The number of nitrogens with one attached hydrogen (secondary N) is 2. The highest BCUT2D eigenvalue weighted by atomic mass is 16.5. The summed E-state index contributed by atoms with van der Waals surface area (Å²) in [5, 5.41) is 6.35. The molecular weight excluding hydrogens is 284 g/mol. The molecule has 0 radical (unpaired) electrons. The second kappa shape index (κ2) is 7.28. The third-order valence-electron chi connectivity index (χ3n) is 4.81. The highest BCUT2D eigenvalue weighted by molar-refractivity contribution is 5.77. The number of carbonyl (C=O) groups excluding carboxylic acids is 2. The van der Waals surface area contributed by atoms with E-state index >= 15 is 0 Å². The molecule has 7 heteroatoms. The molecule has 0 spiro atoms. The molecule has 3 aliphatic heterocycles. The van der Waals surface area contributed by atoms with E-state index in [1.54, 1.807) is 0 Å². The van der Waals surface area contributed by atoms with Crippen LogP contribution in [-0.2, 0) is 9.53 Å². The van der Waals surface area contributed by atoms with Crippen LogP contribution in [0.15, 0.2) is 0 Å². The minimum Gasteiger partial charge on any atom is -0.378 e. The van der Waals surface area contributed by atoms with Crippen LogP contribution in [0.2, 0.25) is 0 Å². The highest BCUT2D eigenvalue weighted by Gasteiger charge is 2.32. The summed E-state index contributed by atoms with van der Waals surface area (Å²) in [6, 6.07) is 0.476. The Morgan fingerprint density at radius 3 is 2.82 bits per heavy atom. The van der Waals surface area contributed by atoms with Crippen molar-refractivity contribution in [2.24, 2.45) is 0 Å². The molecule has 0 saturated carbocycles. The summed E-state index contributed by atoms with van der Waals surface area (Å²) < 4.78 is 5.29. The first-order valence-electron chi connectivity index (χ1n) is 8.37. The van der Waals surface area contributed by atoms with Crippen molar-refractivity contribution < 1.29 is 14.3 Å². The van der Waals surface area contributed by atoms with E-state index in [4.69, 9.17) is 4.74 Å². The average molecular weight is 310 g/mol. The summed E-state index contributed by atoms with van der Waals surface area (Å²) in [6.45, 7) is 5.16. The van der Waals surface area contributed by atoms with Crippen molar-refractivity contribution in [3.63, 3.8) is 0 Å². The Morgan fingerprint density at radius 1 is 1.23 bits per heavy atom. The molecule has 0 aromatic rings. The monoisotopic (exact) mass is 310 g/mol. The number of rotatable bonds is 3. The lowest BCUT2D eigenvalue weighted by Crippen LogP contribution is -2.56. The predicted octanol–water partition coefficient (Wildman–Crippen LogP) is -0.229. The zero-order chi connectivity index (χ0) is 15.4. The van der Waals surface area contributed by atoms with Gasteiger partial charge < -0.3 is 25.2 Å². The normalized spacial score (nSPS) is 30.1. The molecule has 7 nitrogen and oxygen atoms in total. The molecule has 3 rings (SSSR count). The maximum Gasteiger partial charge on any atom is 0.317 e. The Bertz CT molecular complexity index is 412. The van der Waals surface area contributed by atoms with Crippen molar-refractivity contribution in [1.82, 2.24) is 20.4 Å². The van der Waals surface area contributed by atoms with Gasteiger partial charge in [-0.3, -0.25) is 4.79 Å². The largest absolute Gasteiger partial charge is 0.378 e. The van der Waals surface area contributed by atoms with Gasteiger partial charge in [0.25, 0.3) is 0 Å². The Hall–Kier alpha value is -1.34. The van der Waals surface area contributed by atoms with Crippen LogP contribution in [-0.4, -0.2) is 79.8 Å². The van der Waals surface area contributed by atoms with Crippen molar-refractivity contribution >= 4 is 11.9 Å². The first-order chi connectivity index (χ1) is 10.7. The summed E-state index contributed by atoms with van der Waals surface area (Å²) in [7, 11) is 0. The van der Waals surface area contributed by atoms with Crippen LogP contribution in [0.1, 0.15) is 25.7 Å². The van der Waals surface area contributed by atoms with E-state index in [0.29, 0.717) is 32.7 Å². The zero-order valence-corrected chi connectivity index (χ0v) is 13.1. The Balaban J connectivity index is 1.51. The first kappa shape index (κ1) is 15.6. The maximum absolute atomic E-state index is 12.4. The first-order valence-corrected chi connectivity index (χ1v) is 8.37. The predicted molar refractivity (Wildman–Crippen MR) is 81.6 cm³/mol. The Labute approximate surface area is 131 Å². The molecule has 22 heavy (non-hydrogen) atoms. The SMILES string of the molecule is O=C(CC1CC(N2CCCNC2=O)CCN1)N1CCOCC1. The number of morpholine rings is 1. The Morgan fingerprint density at radius 2 is 2.05 bits per heavy atom. The van der Waals surface area contributed by atoms with Gasteiger partial charge in [-0.1, -0.05) is 0 Å². The fourth-order valence-corrected chi connectivity index (χ4v) is 3.57. The van der Waals surface area contributed by atoms with Crippen molar-refractivity contribution in [3.8, 4) is 0 Å². The molecule has 2 unspecified atom stereocenters. The number of ether oxygens (including phenoxy) is 1. The van der Waals surface area contributed by atoms with Gasteiger partial charge in [0.15, 0.2) is 0 Å². The summed E-state index contributed by atoms with van der Waals surface area (Å²) in [5.74, 6) is 0.199. The summed E-state index contributed by atoms with van der Waals surface area (Å²) in [4.78, 5) is 28.2. The van der Waals surface area contributed by atoms with Crippen LogP contribution < -0.4 is 10.6 Å². The van der Waals surface area contributed by atoms with Crippen LogP contribution in [0.5, 0.6) is 0 Å².